The van der Waals surface area contributed by atoms with Crippen LogP contribution in [0.3, 0.4) is 0 Å². The maximum Gasteiger partial charge on any atom is 0.135 e. The second kappa shape index (κ2) is 6.02. The number of rotatable bonds is 4. The highest BCUT2D eigenvalue weighted by molar-refractivity contribution is 6.31. The molecule has 19 heavy (non-hydrogen) atoms. The molecule has 3 nitrogen and oxygen atoms in total. The fourth-order valence-electron chi connectivity index (χ4n) is 2.09. The van der Waals surface area contributed by atoms with E-state index in [1.165, 1.54) is 0 Å². The molecule has 0 saturated heterocycles. The number of hydrogen-bond acceptors (Lipinski definition) is 3. The van der Waals surface area contributed by atoms with Crippen LogP contribution < -0.4 is 5.32 Å². The van der Waals surface area contributed by atoms with E-state index in [1.54, 1.807) is 0 Å². The van der Waals surface area contributed by atoms with Gasteiger partial charge in [0.25, 0.3) is 0 Å². The van der Waals surface area contributed by atoms with Crippen LogP contribution in [0.15, 0.2) is 24.3 Å². The Balaban J connectivity index is 2.38. The fourth-order valence-corrected chi connectivity index (χ4v) is 2.30. The lowest BCUT2D eigenvalue weighted by Gasteiger charge is -2.11. The van der Waals surface area contributed by atoms with Crippen molar-refractivity contribution in [2.24, 2.45) is 0 Å². The molecule has 100 valence electrons. The van der Waals surface area contributed by atoms with Crippen molar-refractivity contribution in [3.05, 3.63) is 51.9 Å². The third-order valence-corrected chi connectivity index (χ3v) is 3.54. The van der Waals surface area contributed by atoms with E-state index in [9.17, 15) is 0 Å². The van der Waals surface area contributed by atoms with Crippen LogP contribution in [0.1, 0.15) is 29.6 Å². The molecule has 0 amide bonds. The summed E-state index contributed by atoms with van der Waals surface area (Å²) in [5.41, 5.74) is 3.26. The minimum Gasteiger partial charge on any atom is -0.373 e. The summed E-state index contributed by atoms with van der Waals surface area (Å²) in [6, 6.07) is 7.81. The summed E-state index contributed by atoms with van der Waals surface area (Å²) in [5.74, 6) is 1.70. The first-order valence-corrected chi connectivity index (χ1v) is 6.81. The zero-order valence-electron chi connectivity index (χ0n) is 11.5. The van der Waals surface area contributed by atoms with E-state index in [0.717, 1.165) is 39.9 Å². The Kier molecular flexibility index (Phi) is 4.38. The van der Waals surface area contributed by atoms with Gasteiger partial charge in [0.15, 0.2) is 0 Å². The molecule has 1 N–H and O–H groups in total. The number of hydrogen-bond donors (Lipinski definition) is 1. The summed E-state index contributed by atoms with van der Waals surface area (Å²) in [5, 5.41) is 3.89. The highest BCUT2D eigenvalue weighted by Gasteiger charge is 2.10. The molecule has 0 atom stereocenters. The maximum absolute atomic E-state index is 6.18. The number of benzene rings is 1. The van der Waals surface area contributed by atoms with Crippen LogP contribution in [0, 0.1) is 6.92 Å². The van der Waals surface area contributed by atoms with Gasteiger partial charge in [-0.2, -0.15) is 0 Å². The van der Waals surface area contributed by atoms with Gasteiger partial charge in [0, 0.05) is 29.7 Å². The predicted molar refractivity (Wildman–Crippen MR) is 80.0 cm³/mol. The van der Waals surface area contributed by atoms with Gasteiger partial charge < -0.3 is 5.32 Å². The predicted octanol–water partition coefficient (Wildman–Crippen LogP) is 3.63. The second-order valence-corrected chi connectivity index (χ2v) is 4.84. The van der Waals surface area contributed by atoms with Crippen molar-refractivity contribution in [2.75, 3.05) is 12.4 Å². The minimum absolute atomic E-state index is 0.654. The Morgan fingerprint density at radius 2 is 1.95 bits per heavy atom. The summed E-state index contributed by atoms with van der Waals surface area (Å²) in [6.07, 6.45) is 1.56. The van der Waals surface area contributed by atoms with Gasteiger partial charge in [-0.25, -0.2) is 9.97 Å². The van der Waals surface area contributed by atoms with E-state index in [-0.39, 0.29) is 0 Å². The van der Waals surface area contributed by atoms with Gasteiger partial charge in [0.1, 0.15) is 11.6 Å². The standard InChI is InChI=1S/C15H18ClN3/c1-4-13-10(2)15(17-3)19-14(18-13)9-11-7-5-6-8-12(11)16/h5-8H,4,9H2,1-3H3,(H,17,18,19). The molecule has 4 heteroatoms. The smallest absolute Gasteiger partial charge is 0.135 e. The van der Waals surface area contributed by atoms with Crippen LogP contribution in [-0.2, 0) is 12.8 Å². The van der Waals surface area contributed by atoms with Gasteiger partial charge in [0.2, 0.25) is 0 Å². The zero-order valence-corrected chi connectivity index (χ0v) is 12.3. The van der Waals surface area contributed by atoms with Crippen molar-refractivity contribution in [3.63, 3.8) is 0 Å². The average Bonchev–Trinajstić information content (AvgIpc) is 2.43. The molecule has 0 aliphatic carbocycles. The molecule has 0 unspecified atom stereocenters. The van der Waals surface area contributed by atoms with Gasteiger partial charge >= 0.3 is 0 Å². The largest absolute Gasteiger partial charge is 0.373 e. The normalized spacial score (nSPS) is 10.5. The highest BCUT2D eigenvalue weighted by atomic mass is 35.5. The van der Waals surface area contributed by atoms with E-state index in [0.29, 0.717) is 6.42 Å². The SMILES string of the molecule is CCc1nc(Cc2ccccc2Cl)nc(NC)c1C. The van der Waals surface area contributed by atoms with Crippen LogP contribution in [0.2, 0.25) is 5.02 Å². The molecule has 1 heterocycles. The van der Waals surface area contributed by atoms with Gasteiger partial charge in [-0.05, 0) is 25.0 Å². The van der Waals surface area contributed by atoms with Crippen LogP contribution in [0.5, 0.6) is 0 Å². The van der Waals surface area contributed by atoms with E-state index in [4.69, 9.17) is 11.6 Å². The Labute approximate surface area is 119 Å². The van der Waals surface area contributed by atoms with E-state index in [1.807, 2.05) is 38.2 Å². The number of aryl methyl sites for hydroxylation is 1. The first-order valence-electron chi connectivity index (χ1n) is 6.43. The van der Waals surface area contributed by atoms with Crippen LogP contribution in [0.25, 0.3) is 0 Å². The van der Waals surface area contributed by atoms with Crippen LogP contribution in [0.4, 0.5) is 5.82 Å². The number of nitrogens with zero attached hydrogens (tertiary/aromatic N) is 2. The van der Waals surface area contributed by atoms with Crippen molar-refractivity contribution >= 4 is 17.4 Å². The van der Waals surface area contributed by atoms with Crippen molar-refractivity contribution in [1.82, 2.24) is 9.97 Å². The zero-order chi connectivity index (χ0) is 13.8. The van der Waals surface area contributed by atoms with Crippen LogP contribution in [-0.4, -0.2) is 17.0 Å². The summed E-state index contributed by atoms with van der Waals surface area (Å²) in [6.45, 7) is 4.15. The Morgan fingerprint density at radius 3 is 2.58 bits per heavy atom. The molecule has 0 bridgehead atoms. The molecule has 0 radical (unpaired) electrons. The summed E-state index contributed by atoms with van der Waals surface area (Å²) >= 11 is 6.18. The molecule has 1 aromatic carbocycles. The second-order valence-electron chi connectivity index (χ2n) is 4.43. The van der Waals surface area contributed by atoms with Crippen LogP contribution >= 0.6 is 11.6 Å². The van der Waals surface area contributed by atoms with Gasteiger partial charge in [0.05, 0.1) is 0 Å². The quantitative estimate of drug-likeness (QED) is 0.926. The maximum atomic E-state index is 6.18. The fraction of sp³-hybridized carbons (Fsp3) is 0.333. The molecule has 2 aromatic rings. The van der Waals surface area contributed by atoms with Gasteiger partial charge in [-0.3, -0.25) is 0 Å². The molecular formula is C15H18ClN3. The van der Waals surface area contributed by atoms with E-state index in [2.05, 4.69) is 22.2 Å². The van der Waals surface area contributed by atoms with Gasteiger partial charge in [-0.15, -0.1) is 0 Å². The lowest BCUT2D eigenvalue weighted by molar-refractivity contribution is 0.891. The van der Waals surface area contributed by atoms with Crippen molar-refractivity contribution in [3.8, 4) is 0 Å². The first-order chi connectivity index (χ1) is 9.15. The molecular weight excluding hydrogens is 258 g/mol. The lowest BCUT2D eigenvalue weighted by Crippen LogP contribution is -2.07. The minimum atomic E-state index is 0.654. The van der Waals surface area contributed by atoms with Crippen molar-refractivity contribution in [2.45, 2.75) is 26.7 Å². The molecule has 2 rings (SSSR count). The average molecular weight is 276 g/mol. The van der Waals surface area contributed by atoms with E-state index >= 15 is 0 Å². The molecule has 1 aromatic heterocycles. The number of halogens is 1. The van der Waals surface area contributed by atoms with Crippen molar-refractivity contribution < 1.29 is 0 Å². The topological polar surface area (TPSA) is 37.8 Å². The number of anilines is 1. The Bertz CT molecular complexity index is 556. The molecule has 0 saturated carbocycles. The third-order valence-electron chi connectivity index (χ3n) is 3.17. The first kappa shape index (κ1) is 13.8. The number of nitrogens with one attached hydrogen (secondary N) is 1. The summed E-state index contributed by atoms with van der Waals surface area (Å²) in [7, 11) is 1.88. The lowest BCUT2D eigenvalue weighted by atomic mass is 10.1. The Morgan fingerprint density at radius 1 is 1.21 bits per heavy atom. The third kappa shape index (κ3) is 3.04. The highest BCUT2D eigenvalue weighted by Crippen LogP contribution is 2.20. The Hall–Kier alpha value is -1.61. The monoisotopic (exact) mass is 275 g/mol. The summed E-state index contributed by atoms with van der Waals surface area (Å²) in [4.78, 5) is 9.18. The van der Waals surface area contributed by atoms with E-state index < -0.39 is 0 Å². The molecule has 0 fully saturated rings. The molecule has 0 spiro atoms. The van der Waals surface area contributed by atoms with Gasteiger partial charge in [-0.1, -0.05) is 36.7 Å². The number of aromatic nitrogens is 2. The summed E-state index contributed by atoms with van der Waals surface area (Å²) < 4.78 is 0. The molecule has 0 aliphatic rings. The molecule has 0 aliphatic heterocycles. The van der Waals surface area contributed by atoms with Crippen molar-refractivity contribution in [1.29, 1.82) is 0 Å².